The maximum Gasteiger partial charge on any atom is 0.136 e. The van der Waals surface area contributed by atoms with E-state index in [1.165, 1.54) is 7.11 Å². The molecule has 17 heavy (non-hydrogen) atoms. The third-order valence-corrected chi connectivity index (χ3v) is 4.33. The molecule has 1 atom stereocenters. The van der Waals surface area contributed by atoms with Gasteiger partial charge in [-0.15, -0.1) is 0 Å². The first-order valence-electron chi connectivity index (χ1n) is 5.34. The van der Waals surface area contributed by atoms with E-state index in [4.69, 9.17) is 10.00 Å². The molecule has 1 aromatic carbocycles. The summed E-state index contributed by atoms with van der Waals surface area (Å²) < 4.78 is 16.9. The highest BCUT2D eigenvalue weighted by Crippen LogP contribution is 2.22. The fourth-order valence-corrected chi connectivity index (χ4v) is 2.20. The predicted molar refractivity (Wildman–Crippen MR) is 69.3 cm³/mol. The van der Waals surface area contributed by atoms with Crippen LogP contribution in [0.15, 0.2) is 18.2 Å². The third kappa shape index (κ3) is 3.57. The Kier molecular flexibility index (Phi) is 4.30. The Morgan fingerprint density at radius 1 is 1.41 bits per heavy atom. The van der Waals surface area contributed by atoms with E-state index in [0.29, 0.717) is 17.1 Å². The molecule has 0 fully saturated rings. The molecule has 0 spiro atoms. The van der Waals surface area contributed by atoms with Crippen LogP contribution in [0.2, 0.25) is 0 Å². The number of hydrogen-bond donors (Lipinski definition) is 0. The highest BCUT2D eigenvalue weighted by atomic mass is 32.2. The van der Waals surface area contributed by atoms with Gasteiger partial charge in [0.25, 0.3) is 0 Å². The zero-order chi connectivity index (χ0) is 13.1. The molecule has 92 valence electrons. The predicted octanol–water partition coefficient (Wildman–Crippen LogP) is 2.61. The normalized spacial score (nSPS) is 12.9. The number of nitrogens with zero attached hydrogens (tertiary/aromatic N) is 1. The average molecular weight is 251 g/mol. The highest BCUT2D eigenvalue weighted by Gasteiger charge is 2.19. The first-order chi connectivity index (χ1) is 7.88. The summed E-state index contributed by atoms with van der Waals surface area (Å²) >= 11 is 0. The van der Waals surface area contributed by atoms with Gasteiger partial charge in [0.1, 0.15) is 11.8 Å². The number of rotatable bonds is 3. The molecule has 1 rings (SSSR count). The molecule has 0 N–H and O–H groups in total. The van der Waals surface area contributed by atoms with Crippen LogP contribution < -0.4 is 4.74 Å². The van der Waals surface area contributed by atoms with Crippen LogP contribution in [-0.4, -0.2) is 16.1 Å². The molecule has 4 heteroatoms. The van der Waals surface area contributed by atoms with Crippen molar-refractivity contribution in [2.45, 2.75) is 31.3 Å². The molecule has 1 aromatic rings. The van der Waals surface area contributed by atoms with Crippen LogP contribution in [0, 0.1) is 11.3 Å². The van der Waals surface area contributed by atoms with Crippen molar-refractivity contribution in [1.82, 2.24) is 0 Å². The number of benzene rings is 1. The van der Waals surface area contributed by atoms with E-state index >= 15 is 0 Å². The summed E-state index contributed by atoms with van der Waals surface area (Å²) in [5, 5.41) is 8.86. The molecule has 0 saturated heterocycles. The largest absolute Gasteiger partial charge is 0.495 e. The third-order valence-electron chi connectivity index (χ3n) is 2.37. The fraction of sp³-hybridized carbons (Fsp3) is 0.462. The van der Waals surface area contributed by atoms with Crippen LogP contribution in [0.1, 0.15) is 31.9 Å². The molecule has 0 amide bonds. The SMILES string of the molecule is COc1cc(CS(=O)C(C)(C)C)ccc1C#N. The van der Waals surface area contributed by atoms with Gasteiger partial charge in [-0.05, 0) is 38.5 Å². The molecule has 0 radical (unpaired) electrons. The van der Waals surface area contributed by atoms with Crippen LogP contribution in [0.25, 0.3) is 0 Å². The van der Waals surface area contributed by atoms with Gasteiger partial charge in [-0.25, -0.2) is 0 Å². The Morgan fingerprint density at radius 2 is 2.06 bits per heavy atom. The van der Waals surface area contributed by atoms with Crippen LogP contribution >= 0.6 is 0 Å². The maximum absolute atomic E-state index is 12.0. The number of ether oxygens (including phenoxy) is 1. The zero-order valence-corrected chi connectivity index (χ0v) is 11.4. The average Bonchev–Trinajstić information content (AvgIpc) is 2.27. The van der Waals surface area contributed by atoms with Crippen LogP contribution in [-0.2, 0) is 16.6 Å². The lowest BCUT2D eigenvalue weighted by Crippen LogP contribution is -2.22. The molecule has 0 saturated carbocycles. The molecule has 0 aromatic heterocycles. The van der Waals surface area contributed by atoms with Crippen molar-refractivity contribution in [2.24, 2.45) is 0 Å². The van der Waals surface area contributed by atoms with Crippen molar-refractivity contribution in [2.75, 3.05) is 7.11 Å². The number of methoxy groups -OCH3 is 1. The molecule has 3 nitrogen and oxygen atoms in total. The second-order valence-corrected chi connectivity index (χ2v) is 6.95. The van der Waals surface area contributed by atoms with Crippen molar-refractivity contribution in [3.05, 3.63) is 29.3 Å². The van der Waals surface area contributed by atoms with Crippen LogP contribution in [0.3, 0.4) is 0 Å². The monoisotopic (exact) mass is 251 g/mol. The minimum atomic E-state index is -0.946. The fourth-order valence-electron chi connectivity index (χ4n) is 1.29. The van der Waals surface area contributed by atoms with E-state index in [2.05, 4.69) is 6.07 Å². The van der Waals surface area contributed by atoms with Gasteiger partial charge in [-0.2, -0.15) is 5.26 Å². The standard InChI is InChI=1S/C13H17NO2S/c1-13(2,3)17(15)9-10-5-6-11(8-14)12(7-10)16-4/h5-7H,9H2,1-4H3. The zero-order valence-electron chi connectivity index (χ0n) is 10.6. The van der Waals surface area contributed by atoms with Gasteiger partial charge in [-0.1, -0.05) is 6.07 Å². The molecule has 1 unspecified atom stereocenters. The topological polar surface area (TPSA) is 50.1 Å². The summed E-state index contributed by atoms with van der Waals surface area (Å²) in [6, 6.07) is 7.36. The summed E-state index contributed by atoms with van der Waals surface area (Å²) in [7, 11) is 0.583. The Morgan fingerprint density at radius 3 is 2.53 bits per heavy atom. The maximum atomic E-state index is 12.0. The first-order valence-corrected chi connectivity index (χ1v) is 6.66. The lowest BCUT2D eigenvalue weighted by Gasteiger charge is -2.17. The van der Waals surface area contributed by atoms with E-state index in [1.54, 1.807) is 12.1 Å². The smallest absolute Gasteiger partial charge is 0.136 e. The minimum Gasteiger partial charge on any atom is -0.495 e. The van der Waals surface area contributed by atoms with Gasteiger partial charge >= 0.3 is 0 Å². The van der Waals surface area contributed by atoms with Gasteiger partial charge in [0, 0.05) is 21.3 Å². The minimum absolute atomic E-state index is 0.235. The lowest BCUT2D eigenvalue weighted by molar-refractivity contribution is 0.413. The van der Waals surface area contributed by atoms with Crippen LogP contribution in [0.4, 0.5) is 0 Å². The number of hydrogen-bond acceptors (Lipinski definition) is 3. The summed E-state index contributed by atoms with van der Waals surface area (Å²) in [5.74, 6) is 1.02. The molecule has 0 aliphatic rings. The first kappa shape index (κ1) is 13.7. The molecular formula is C13H17NO2S. The van der Waals surface area contributed by atoms with Crippen molar-refractivity contribution >= 4 is 10.8 Å². The molecule has 0 bridgehead atoms. The number of nitriles is 1. The van der Waals surface area contributed by atoms with Gasteiger partial charge < -0.3 is 4.74 Å². The second kappa shape index (κ2) is 5.33. The molecule has 0 aliphatic carbocycles. The Hall–Kier alpha value is -1.34. The highest BCUT2D eigenvalue weighted by molar-refractivity contribution is 7.85. The van der Waals surface area contributed by atoms with E-state index in [1.807, 2.05) is 26.8 Å². The summed E-state index contributed by atoms with van der Waals surface area (Å²) in [5.41, 5.74) is 1.42. The van der Waals surface area contributed by atoms with E-state index in [0.717, 1.165) is 5.56 Å². The second-order valence-electron chi connectivity index (χ2n) is 4.75. The van der Waals surface area contributed by atoms with E-state index in [-0.39, 0.29) is 4.75 Å². The Labute approximate surface area is 105 Å². The quantitative estimate of drug-likeness (QED) is 0.829. The van der Waals surface area contributed by atoms with Crippen molar-refractivity contribution in [3.8, 4) is 11.8 Å². The van der Waals surface area contributed by atoms with E-state index < -0.39 is 10.8 Å². The van der Waals surface area contributed by atoms with Crippen LogP contribution in [0.5, 0.6) is 5.75 Å². The van der Waals surface area contributed by atoms with Crippen molar-refractivity contribution in [3.63, 3.8) is 0 Å². The van der Waals surface area contributed by atoms with Gasteiger partial charge in [0.05, 0.1) is 12.7 Å². The van der Waals surface area contributed by atoms with Gasteiger partial charge in [0.2, 0.25) is 0 Å². The molecule has 0 aliphatic heterocycles. The summed E-state index contributed by atoms with van der Waals surface area (Å²) in [4.78, 5) is 0. The van der Waals surface area contributed by atoms with Gasteiger partial charge in [0.15, 0.2) is 0 Å². The Bertz CT molecular complexity index is 469. The Balaban J connectivity index is 2.95. The molecular weight excluding hydrogens is 234 g/mol. The molecule has 0 heterocycles. The van der Waals surface area contributed by atoms with Crippen molar-refractivity contribution in [1.29, 1.82) is 5.26 Å². The summed E-state index contributed by atoms with van der Waals surface area (Å²) in [6.07, 6.45) is 0. The lowest BCUT2D eigenvalue weighted by atomic mass is 10.1. The summed E-state index contributed by atoms with van der Waals surface area (Å²) in [6.45, 7) is 5.85. The van der Waals surface area contributed by atoms with Crippen molar-refractivity contribution < 1.29 is 8.95 Å². The van der Waals surface area contributed by atoms with Gasteiger partial charge in [-0.3, -0.25) is 4.21 Å². The van der Waals surface area contributed by atoms with E-state index in [9.17, 15) is 4.21 Å².